The van der Waals surface area contributed by atoms with E-state index in [2.05, 4.69) is 0 Å². The Morgan fingerprint density at radius 3 is 2.52 bits per heavy atom. The third-order valence-corrected chi connectivity index (χ3v) is 3.11. The molecule has 1 aromatic carbocycles. The molecule has 1 aromatic rings. The van der Waals surface area contributed by atoms with E-state index in [9.17, 15) is 9.59 Å². The lowest BCUT2D eigenvalue weighted by atomic mass is 10.1. The fourth-order valence-corrected chi connectivity index (χ4v) is 1.97. The van der Waals surface area contributed by atoms with E-state index >= 15 is 0 Å². The molecular weight excluding hydrogens is 317 g/mol. The molecule has 0 unspecified atom stereocenters. The molecule has 0 saturated carbocycles. The van der Waals surface area contributed by atoms with E-state index in [1.807, 2.05) is 0 Å². The maximum atomic E-state index is 12.2. The van der Waals surface area contributed by atoms with Gasteiger partial charge >= 0.3 is 5.97 Å². The smallest absolute Gasteiger partial charge is 0.357 e. The van der Waals surface area contributed by atoms with Crippen LogP contribution in [0.25, 0.3) is 0 Å². The van der Waals surface area contributed by atoms with Crippen LogP contribution in [0, 0.1) is 0 Å². The van der Waals surface area contributed by atoms with Gasteiger partial charge in [0.15, 0.2) is 11.5 Å². The second-order valence-corrected chi connectivity index (χ2v) is 4.76. The Bertz CT molecular complexity index is 572. The van der Waals surface area contributed by atoms with Gasteiger partial charge in [0.05, 0.1) is 18.7 Å². The minimum absolute atomic E-state index is 0.0321. The molecule has 21 heavy (non-hydrogen) atoms. The summed E-state index contributed by atoms with van der Waals surface area (Å²) in [5.41, 5.74) is 0.197. The second-order valence-electron chi connectivity index (χ2n) is 3.92. The molecule has 0 radical (unpaired) electrons. The number of esters is 1. The minimum atomic E-state index is -0.666. The number of hydrogen-bond acceptors (Lipinski definition) is 5. The summed E-state index contributed by atoms with van der Waals surface area (Å²) in [6.07, 6.45) is 1.11. The molecule has 7 heteroatoms. The first-order valence-corrected chi connectivity index (χ1v) is 6.82. The summed E-state index contributed by atoms with van der Waals surface area (Å²) in [7, 11) is 2.85. The zero-order valence-electron chi connectivity index (χ0n) is 11.9. The quantitative estimate of drug-likeness (QED) is 0.347. The van der Waals surface area contributed by atoms with Crippen LogP contribution in [0.4, 0.5) is 0 Å². The van der Waals surface area contributed by atoms with Gasteiger partial charge in [0.1, 0.15) is 0 Å². The topological polar surface area (TPSA) is 55.8 Å². The van der Waals surface area contributed by atoms with E-state index < -0.39 is 11.8 Å². The van der Waals surface area contributed by atoms with Crippen LogP contribution in [-0.4, -0.2) is 37.6 Å². The number of carbonyl (C=O) groups excluding carboxylic acids is 2. The molecule has 0 atom stereocenters. The first-order chi connectivity index (χ1) is 9.90. The third-order valence-electron chi connectivity index (χ3n) is 2.56. The SMILES string of the molecule is CCOC(=O)/C(=C\C(=O)c1ccc(Cl)cc1Cl)N(C)OC. The van der Waals surface area contributed by atoms with E-state index in [-0.39, 0.29) is 22.9 Å². The first kappa shape index (κ1) is 17.5. The predicted octanol–water partition coefficient (Wildman–Crippen LogP) is 3.12. The Morgan fingerprint density at radius 1 is 1.33 bits per heavy atom. The van der Waals surface area contributed by atoms with Crippen LogP contribution in [-0.2, 0) is 14.4 Å². The molecule has 5 nitrogen and oxygen atoms in total. The molecule has 0 bridgehead atoms. The van der Waals surface area contributed by atoms with Crippen LogP contribution in [0.5, 0.6) is 0 Å². The maximum Gasteiger partial charge on any atom is 0.357 e. The molecule has 0 N–H and O–H groups in total. The van der Waals surface area contributed by atoms with Crippen molar-refractivity contribution in [2.75, 3.05) is 20.8 Å². The highest BCUT2D eigenvalue weighted by Crippen LogP contribution is 2.22. The molecule has 0 saturated heterocycles. The van der Waals surface area contributed by atoms with E-state index in [4.69, 9.17) is 32.8 Å². The highest BCUT2D eigenvalue weighted by molar-refractivity contribution is 6.37. The molecule has 0 amide bonds. The normalized spacial score (nSPS) is 11.2. The number of rotatable bonds is 6. The lowest BCUT2D eigenvalue weighted by Crippen LogP contribution is -2.25. The number of nitrogens with zero attached hydrogens (tertiary/aromatic N) is 1. The number of likely N-dealkylation sites (N-methyl/N-ethyl adjacent to an activating group) is 1. The summed E-state index contributed by atoms with van der Waals surface area (Å²) in [5, 5.41) is 1.76. The Hall–Kier alpha value is -1.56. The largest absolute Gasteiger partial charge is 0.461 e. The van der Waals surface area contributed by atoms with Crippen LogP contribution < -0.4 is 0 Å². The van der Waals surface area contributed by atoms with E-state index in [1.165, 1.54) is 26.3 Å². The summed E-state index contributed by atoms with van der Waals surface area (Å²) in [6.45, 7) is 1.85. The summed E-state index contributed by atoms with van der Waals surface area (Å²) >= 11 is 11.7. The predicted molar refractivity (Wildman–Crippen MR) is 80.3 cm³/mol. The molecule has 0 fully saturated rings. The van der Waals surface area contributed by atoms with Crippen molar-refractivity contribution in [1.82, 2.24) is 5.06 Å². The first-order valence-electron chi connectivity index (χ1n) is 6.06. The van der Waals surface area contributed by atoms with Crippen molar-refractivity contribution < 1.29 is 19.2 Å². The molecule has 0 aliphatic carbocycles. The average Bonchev–Trinajstić information content (AvgIpc) is 2.43. The highest BCUT2D eigenvalue weighted by Gasteiger charge is 2.19. The zero-order chi connectivity index (χ0) is 16.0. The Balaban J connectivity index is 3.14. The molecule has 0 spiro atoms. The van der Waals surface area contributed by atoms with Crippen LogP contribution in [0.1, 0.15) is 17.3 Å². The van der Waals surface area contributed by atoms with Crippen molar-refractivity contribution >= 4 is 35.0 Å². The van der Waals surface area contributed by atoms with Gasteiger partial charge in [0, 0.05) is 23.7 Å². The molecular formula is C14H15Cl2NO4. The van der Waals surface area contributed by atoms with Crippen molar-refractivity contribution in [3.63, 3.8) is 0 Å². The van der Waals surface area contributed by atoms with E-state index in [1.54, 1.807) is 13.0 Å². The van der Waals surface area contributed by atoms with Gasteiger partial charge in [-0.15, -0.1) is 0 Å². The van der Waals surface area contributed by atoms with Crippen molar-refractivity contribution in [3.8, 4) is 0 Å². The van der Waals surface area contributed by atoms with Gasteiger partial charge in [-0.1, -0.05) is 23.2 Å². The molecule has 0 aromatic heterocycles. The standard InChI is InChI=1S/C14H15Cl2NO4/c1-4-21-14(19)12(17(2)20-3)8-13(18)10-6-5-9(15)7-11(10)16/h5-8H,4H2,1-3H3/b12-8+. The summed E-state index contributed by atoms with van der Waals surface area (Å²) in [4.78, 5) is 29.0. The monoisotopic (exact) mass is 331 g/mol. The summed E-state index contributed by atoms with van der Waals surface area (Å²) < 4.78 is 4.88. The van der Waals surface area contributed by atoms with Gasteiger partial charge in [-0.3, -0.25) is 14.7 Å². The average molecular weight is 332 g/mol. The molecule has 0 aliphatic rings. The number of hydrogen-bond donors (Lipinski definition) is 0. The third kappa shape index (κ3) is 4.74. The van der Waals surface area contributed by atoms with Gasteiger partial charge < -0.3 is 4.74 Å². The Kier molecular flexibility index (Phi) is 6.68. The summed E-state index contributed by atoms with van der Waals surface area (Å²) in [5.74, 6) is -1.12. The number of ether oxygens (including phenoxy) is 1. The highest BCUT2D eigenvalue weighted by atomic mass is 35.5. The fraction of sp³-hybridized carbons (Fsp3) is 0.286. The number of allylic oxidation sites excluding steroid dienone is 1. The van der Waals surface area contributed by atoms with E-state index in [0.29, 0.717) is 5.02 Å². The van der Waals surface area contributed by atoms with Crippen molar-refractivity contribution in [2.24, 2.45) is 0 Å². The van der Waals surface area contributed by atoms with Crippen molar-refractivity contribution in [1.29, 1.82) is 0 Å². The number of halogens is 2. The lowest BCUT2D eigenvalue weighted by molar-refractivity contribution is -0.149. The molecule has 0 aliphatic heterocycles. The molecule has 114 valence electrons. The maximum absolute atomic E-state index is 12.2. The fourth-order valence-electron chi connectivity index (χ4n) is 1.47. The Labute approximate surface area is 133 Å². The van der Waals surface area contributed by atoms with Crippen molar-refractivity contribution in [3.05, 3.63) is 45.6 Å². The van der Waals surface area contributed by atoms with Gasteiger partial charge in [0.2, 0.25) is 0 Å². The van der Waals surface area contributed by atoms with Gasteiger partial charge in [-0.05, 0) is 25.1 Å². The molecule has 0 heterocycles. The number of carbonyl (C=O) groups is 2. The number of benzene rings is 1. The van der Waals surface area contributed by atoms with E-state index in [0.717, 1.165) is 11.1 Å². The zero-order valence-corrected chi connectivity index (χ0v) is 13.4. The summed E-state index contributed by atoms with van der Waals surface area (Å²) in [6, 6.07) is 4.48. The minimum Gasteiger partial charge on any atom is -0.461 e. The van der Waals surface area contributed by atoms with Crippen molar-refractivity contribution in [2.45, 2.75) is 6.92 Å². The lowest BCUT2D eigenvalue weighted by Gasteiger charge is -2.18. The second kappa shape index (κ2) is 8.02. The van der Waals surface area contributed by atoms with Crippen LogP contribution in [0.2, 0.25) is 10.0 Å². The van der Waals surface area contributed by atoms with Crippen LogP contribution in [0.15, 0.2) is 30.0 Å². The van der Waals surface area contributed by atoms with Gasteiger partial charge in [-0.25, -0.2) is 4.79 Å². The van der Waals surface area contributed by atoms with Crippen LogP contribution in [0.3, 0.4) is 0 Å². The number of ketones is 1. The van der Waals surface area contributed by atoms with Gasteiger partial charge in [0.25, 0.3) is 0 Å². The van der Waals surface area contributed by atoms with Crippen LogP contribution >= 0.6 is 23.2 Å². The van der Waals surface area contributed by atoms with Gasteiger partial charge in [-0.2, -0.15) is 0 Å². The molecule has 1 rings (SSSR count). The number of hydroxylamine groups is 2. The Morgan fingerprint density at radius 2 is 2.00 bits per heavy atom.